The fourth-order valence-electron chi connectivity index (χ4n) is 2.40. The normalized spacial score (nSPS) is 18.9. The molecule has 1 aliphatic rings. The van der Waals surface area contributed by atoms with E-state index in [4.69, 9.17) is 0 Å². The monoisotopic (exact) mass is 293 g/mol. The van der Waals surface area contributed by atoms with Crippen molar-refractivity contribution >= 4 is 15.7 Å². The third-order valence-corrected chi connectivity index (χ3v) is 5.10. The lowest BCUT2D eigenvalue weighted by Gasteiger charge is -2.32. The number of sulfonamides is 1. The Morgan fingerprint density at radius 1 is 1.35 bits per heavy atom. The molecule has 1 unspecified atom stereocenters. The van der Waals surface area contributed by atoms with E-state index in [1.54, 1.807) is 35.9 Å². The van der Waals surface area contributed by atoms with Crippen LogP contribution in [0.3, 0.4) is 0 Å². The van der Waals surface area contributed by atoms with Gasteiger partial charge in [0.05, 0.1) is 18.1 Å². The third-order valence-electron chi connectivity index (χ3n) is 3.41. The standard InChI is InChI=1S/C13H15N3O3S/c1-15-8-13(14-9-15)20(18,19)16-7-6-12(17)10-4-2-3-5-11(10)16/h2-5,8-9,12,17H,6-7H2,1H3. The van der Waals surface area contributed by atoms with Crippen molar-refractivity contribution in [2.45, 2.75) is 17.6 Å². The van der Waals surface area contributed by atoms with Gasteiger partial charge in [-0.1, -0.05) is 18.2 Å². The smallest absolute Gasteiger partial charge is 0.283 e. The summed E-state index contributed by atoms with van der Waals surface area (Å²) < 4.78 is 28.2. The molecule has 1 atom stereocenters. The molecule has 1 aromatic heterocycles. The van der Waals surface area contributed by atoms with E-state index in [1.165, 1.54) is 16.8 Å². The first kappa shape index (κ1) is 13.1. The van der Waals surface area contributed by atoms with Gasteiger partial charge < -0.3 is 9.67 Å². The van der Waals surface area contributed by atoms with Gasteiger partial charge in [-0.3, -0.25) is 4.31 Å². The summed E-state index contributed by atoms with van der Waals surface area (Å²) in [5, 5.41) is 10.00. The molecule has 2 heterocycles. The lowest BCUT2D eigenvalue weighted by Crippen LogP contribution is -2.36. The van der Waals surface area contributed by atoms with Crippen LogP contribution in [0.15, 0.2) is 41.8 Å². The Balaban J connectivity index is 2.10. The zero-order chi connectivity index (χ0) is 14.3. The number of hydrogen-bond acceptors (Lipinski definition) is 4. The van der Waals surface area contributed by atoms with Crippen molar-refractivity contribution in [3.05, 3.63) is 42.4 Å². The first-order valence-corrected chi connectivity index (χ1v) is 7.72. The minimum absolute atomic E-state index is 0.0196. The summed E-state index contributed by atoms with van der Waals surface area (Å²) in [7, 11) is -1.97. The molecule has 1 N–H and O–H groups in total. The van der Waals surface area contributed by atoms with Crippen LogP contribution in [0.4, 0.5) is 5.69 Å². The summed E-state index contributed by atoms with van der Waals surface area (Å²) in [4.78, 5) is 3.93. The molecule has 0 aliphatic carbocycles. The molecule has 0 bridgehead atoms. The molecule has 0 saturated heterocycles. The average molecular weight is 293 g/mol. The molecule has 3 rings (SSSR count). The van der Waals surface area contributed by atoms with E-state index >= 15 is 0 Å². The predicted molar refractivity (Wildman–Crippen MR) is 73.8 cm³/mol. The van der Waals surface area contributed by atoms with Gasteiger partial charge in [-0.2, -0.15) is 8.42 Å². The number of aryl methyl sites for hydroxylation is 1. The third kappa shape index (κ3) is 1.99. The highest BCUT2D eigenvalue weighted by Crippen LogP contribution is 2.36. The molecule has 0 spiro atoms. The largest absolute Gasteiger partial charge is 0.388 e. The molecule has 106 valence electrons. The lowest BCUT2D eigenvalue weighted by atomic mass is 10.0. The Bertz CT molecular complexity index is 739. The Morgan fingerprint density at radius 3 is 2.80 bits per heavy atom. The Hall–Kier alpha value is -1.86. The molecule has 1 aliphatic heterocycles. The van der Waals surface area contributed by atoms with Gasteiger partial charge in [-0.15, -0.1) is 0 Å². The van der Waals surface area contributed by atoms with Gasteiger partial charge in [-0.25, -0.2) is 4.98 Å². The van der Waals surface area contributed by atoms with Crippen LogP contribution < -0.4 is 4.31 Å². The van der Waals surface area contributed by atoms with Gasteiger partial charge in [0.25, 0.3) is 10.0 Å². The van der Waals surface area contributed by atoms with E-state index in [2.05, 4.69) is 4.98 Å². The van der Waals surface area contributed by atoms with Crippen molar-refractivity contribution in [1.29, 1.82) is 0 Å². The zero-order valence-corrected chi connectivity index (χ0v) is 11.8. The van der Waals surface area contributed by atoms with Gasteiger partial charge in [0, 0.05) is 25.4 Å². The van der Waals surface area contributed by atoms with Crippen LogP contribution in [0.5, 0.6) is 0 Å². The number of fused-ring (bicyclic) bond motifs is 1. The fraction of sp³-hybridized carbons (Fsp3) is 0.308. The van der Waals surface area contributed by atoms with Crippen LogP contribution in [-0.2, 0) is 17.1 Å². The molecule has 0 saturated carbocycles. The number of rotatable bonds is 2. The highest BCUT2D eigenvalue weighted by Gasteiger charge is 2.33. The van der Waals surface area contributed by atoms with Crippen molar-refractivity contribution in [2.75, 3.05) is 10.8 Å². The van der Waals surface area contributed by atoms with Gasteiger partial charge >= 0.3 is 0 Å². The lowest BCUT2D eigenvalue weighted by molar-refractivity contribution is 0.166. The fourth-order valence-corrected chi connectivity index (χ4v) is 3.87. The number of para-hydroxylation sites is 1. The number of hydrogen-bond donors (Lipinski definition) is 1. The second-order valence-corrected chi connectivity index (χ2v) is 6.63. The van der Waals surface area contributed by atoms with Crippen LogP contribution in [0.2, 0.25) is 0 Å². The highest BCUT2D eigenvalue weighted by atomic mass is 32.2. The van der Waals surface area contributed by atoms with Crippen molar-refractivity contribution in [1.82, 2.24) is 9.55 Å². The van der Waals surface area contributed by atoms with E-state index in [-0.39, 0.29) is 11.6 Å². The number of anilines is 1. The Morgan fingerprint density at radius 2 is 2.10 bits per heavy atom. The van der Waals surface area contributed by atoms with Crippen LogP contribution >= 0.6 is 0 Å². The predicted octanol–water partition coefficient (Wildman–Crippen LogP) is 1.05. The minimum Gasteiger partial charge on any atom is -0.388 e. The summed E-state index contributed by atoms with van der Waals surface area (Å²) in [5.41, 5.74) is 1.16. The molecular weight excluding hydrogens is 278 g/mol. The number of nitrogens with zero attached hydrogens (tertiary/aromatic N) is 3. The summed E-state index contributed by atoms with van der Waals surface area (Å²) in [6, 6.07) is 7.01. The Kier molecular flexibility index (Phi) is 3.02. The van der Waals surface area contributed by atoms with Gasteiger partial charge in [-0.05, 0) is 12.5 Å². The quantitative estimate of drug-likeness (QED) is 0.898. The zero-order valence-electron chi connectivity index (χ0n) is 11.0. The molecule has 0 radical (unpaired) electrons. The number of imidazole rings is 1. The molecule has 20 heavy (non-hydrogen) atoms. The summed E-state index contributed by atoms with van der Waals surface area (Å²) in [6.45, 7) is 0.247. The first-order chi connectivity index (χ1) is 9.50. The SMILES string of the molecule is Cn1cnc(S(=O)(=O)N2CCC(O)c3ccccc32)c1. The number of aliphatic hydroxyl groups is 1. The maximum atomic E-state index is 12.6. The van der Waals surface area contributed by atoms with Gasteiger partial charge in [0.1, 0.15) is 0 Å². The molecular formula is C13H15N3O3S. The first-order valence-electron chi connectivity index (χ1n) is 6.28. The second-order valence-electron chi connectivity index (χ2n) is 4.82. The van der Waals surface area contributed by atoms with E-state index in [9.17, 15) is 13.5 Å². The van der Waals surface area contributed by atoms with Crippen molar-refractivity contribution in [3.63, 3.8) is 0 Å². The van der Waals surface area contributed by atoms with E-state index in [0.29, 0.717) is 17.7 Å². The molecule has 0 fully saturated rings. The van der Waals surface area contributed by atoms with Crippen LogP contribution in [-0.4, -0.2) is 29.6 Å². The van der Waals surface area contributed by atoms with E-state index in [0.717, 1.165) is 0 Å². The van der Waals surface area contributed by atoms with E-state index < -0.39 is 16.1 Å². The van der Waals surface area contributed by atoms with Crippen LogP contribution in [0.25, 0.3) is 0 Å². The maximum absolute atomic E-state index is 12.6. The number of aliphatic hydroxyl groups excluding tert-OH is 1. The molecule has 7 heteroatoms. The number of aromatic nitrogens is 2. The van der Waals surface area contributed by atoms with Gasteiger partial charge in [0.15, 0.2) is 5.03 Å². The number of benzene rings is 1. The molecule has 6 nitrogen and oxygen atoms in total. The maximum Gasteiger partial charge on any atom is 0.283 e. The van der Waals surface area contributed by atoms with Crippen LogP contribution in [0, 0.1) is 0 Å². The van der Waals surface area contributed by atoms with Crippen molar-refractivity contribution in [3.8, 4) is 0 Å². The van der Waals surface area contributed by atoms with Crippen LogP contribution in [0.1, 0.15) is 18.1 Å². The summed E-state index contributed by atoms with van der Waals surface area (Å²) >= 11 is 0. The van der Waals surface area contributed by atoms with E-state index in [1.807, 2.05) is 0 Å². The topological polar surface area (TPSA) is 75.4 Å². The molecule has 0 amide bonds. The average Bonchev–Trinajstić information content (AvgIpc) is 2.87. The molecule has 2 aromatic rings. The second kappa shape index (κ2) is 4.60. The molecule has 1 aromatic carbocycles. The minimum atomic E-state index is -3.69. The van der Waals surface area contributed by atoms with Crippen molar-refractivity contribution in [2.24, 2.45) is 7.05 Å². The summed E-state index contributed by atoms with van der Waals surface area (Å²) in [5.74, 6) is 0. The highest BCUT2D eigenvalue weighted by molar-refractivity contribution is 7.92. The Labute approximate surface area is 117 Å². The summed E-state index contributed by atoms with van der Waals surface area (Å²) in [6.07, 6.45) is 2.69. The van der Waals surface area contributed by atoms with Gasteiger partial charge in [0.2, 0.25) is 0 Å². The van der Waals surface area contributed by atoms with Crippen molar-refractivity contribution < 1.29 is 13.5 Å².